The number of rotatable bonds is 4. The first kappa shape index (κ1) is 17.7. The second-order valence-electron chi connectivity index (χ2n) is 6.40. The van der Waals surface area contributed by atoms with Gasteiger partial charge in [-0.3, -0.25) is 10.3 Å². The lowest BCUT2D eigenvalue weighted by Crippen LogP contribution is -2.48. The van der Waals surface area contributed by atoms with Crippen molar-refractivity contribution in [1.82, 2.24) is 14.9 Å². The van der Waals surface area contributed by atoms with E-state index in [1.807, 2.05) is 12.1 Å². The summed E-state index contributed by atoms with van der Waals surface area (Å²) in [7, 11) is 0. The Bertz CT molecular complexity index is 934. The number of thiazole rings is 1. The average molecular weight is 386 g/mol. The monoisotopic (exact) mass is 386 g/mol. The minimum absolute atomic E-state index is 0.00854. The maximum Gasteiger partial charge on any atom is 0.324 e. The van der Waals surface area contributed by atoms with Gasteiger partial charge in [0, 0.05) is 12.7 Å². The smallest absolute Gasteiger partial charge is 0.324 e. The Balaban J connectivity index is 1.43. The van der Waals surface area contributed by atoms with Gasteiger partial charge < -0.3 is 9.64 Å². The quantitative estimate of drug-likeness (QED) is 0.726. The van der Waals surface area contributed by atoms with Crippen LogP contribution in [-0.2, 0) is 0 Å². The summed E-state index contributed by atoms with van der Waals surface area (Å²) in [6.07, 6.45) is 6.26. The molecule has 3 heterocycles. The van der Waals surface area contributed by atoms with Gasteiger partial charge in [0.1, 0.15) is 18.2 Å². The minimum Gasteiger partial charge on any atom is -0.490 e. The van der Waals surface area contributed by atoms with Crippen LogP contribution in [-0.4, -0.2) is 40.1 Å². The van der Waals surface area contributed by atoms with E-state index in [1.54, 1.807) is 23.4 Å². The van der Waals surface area contributed by atoms with E-state index in [2.05, 4.69) is 15.3 Å². The molecule has 1 saturated heterocycles. The number of benzene rings is 1. The summed E-state index contributed by atoms with van der Waals surface area (Å²) >= 11 is 1.27. The Kier molecular flexibility index (Phi) is 5.15. The molecule has 0 radical (unpaired) electrons. The summed E-state index contributed by atoms with van der Waals surface area (Å²) in [5.74, 6) is 0.379. The van der Waals surface area contributed by atoms with Crippen LogP contribution in [0, 0.1) is 5.82 Å². The summed E-state index contributed by atoms with van der Waals surface area (Å²) in [6, 6.07) is 7.86. The first-order valence-corrected chi connectivity index (χ1v) is 9.67. The number of hydrogen-bond acceptors (Lipinski definition) is 5. The van der Waals surface area contributed by atoms with Crippen LogP contribution in [0.25, 0.3) is 10.2 Å². The van der Waals surface area contributed by atoms with Gasteiger partial charge in [0.05, 0.1) is 22.5 Å². The number of amides is 2. The highest BCUT2D eigenvalue weighted by molar-refractivity contribution is 7.22. The lowest BCUT2D eigenvalue weighted by molar-refractivity contribution is 0.124. The molecule has 1 atom stereocenters. The summed E-state index contributed by atoms with van der Waals surface area (Å²) in [6.45, 7) is 1.09. The third kappa shape index (κ3) is 4.16. The number of nitrogens with one attached hydrogen (secondary N) is 1. The number of ether oxygens (including phenoxy) is 1. The molecule has 1 N–H and O–H groups in total. The van der Waals surface area contributed by atoms with Crippen molar-refractivity contribution in [3.63, 3.8) is 0 Å². The van der Waals surface area contributed by atoms with Gasteiger partial charge in [-0.05, 0) is 49.6 Å². The number of hydrogen-bond donors (Lipinski definition) is 1. The fourth-order valence-corrected chi connectivity index (χ4v) is 4.06. The Hall–Kier alpha value is -2.74. The zero-order valence-electron chi connectivity index (χ0n) is 14.6. The van der Waals surface area contributed by atoms with Crippen molar-refractivity contribution in [3.05, 3.63) is 48.5 Å². The molecule has 3 aromatic rings. The first-order chi connectivity index (χ1) is 13.2. The Morgan fingerprint density at radius 3 is 3.15 bits per heavy atom. The molecule has 27 heavy (non-hydrogen) atoms. The molecule has 2 amide bonds. The predicted molar refractivity (Wildman–Crippen MR) is 103 cm³/mol. The molecule has 0 saturated carbocycles. The standard InChI is InChI=1S/C19H19FN4O2S/c20-13-6-7-16-17(10-13)27-18(22-16)23-19(25)24-9-2-1-4-14(24)12-26-15-5-3-8-21-11-15/h3,5-8,10-11,14H,1-2,4,9,12H2,(H,22,23,25). The van der Waals surface area contributed by atoms with Gasteiger partial charge in [-0.15, -0.1) is 0 Å². The second-order valence-corrected chi connectivity index (χ2v) is 7.43. The molecule has 140 valence electrons. The van der Waals surface area contributed by atoms with Crippen molar-refractivity contribution in [1.29, 1.82) is 0 Å². The van der Waals surface area contributed by atoms with E-state index >= 15 is 0 Å². The molecular formula is C19H19FN4O2S. The number of likely N-dealkylation sites (tertiary alicyclic amines) is 1. The van der Waals surface area contributed by atoms with Crippen LogP contribution in [0.4, 0.5) is 14.3 Å². The van der Waals surface area contributed by atoms with E-state index in [9.17, 15) is 9.18 Å². The fraction of sp³-hybridized carbons (Fsp3) is 0.316. The van der Waals surface area contributed by atoms with Crippen LogP contribution in [0.5, 0.6) is 5.75 Å². The molecular weight excluding hydrogens is 367 g/mol. The number of anilines is 1. The van der Waals surface area contributed by atoms with E-state index in [0.29, 0.717) is 34.2 Å². The highest BCUT2D eigenvalue weighted by atomic mass is 32.1. The zero-order valence-corrected chi connectivity index (χ0v) is 15.4. The molecule has 8 heteroatoms. The number of pyridine rings is 1. The van der Waals surface area contributed by atoms with Crippen LogP contribution in [0.2, 0.25) is 0 Å². The van der Waals surface area contributed by atoms with E-state index in [0.717, 1.165) is 19.3 Å². The number of aromatic nitrogens is 2. The number of piperidine rings is 1. The molecule has 1 aliphatic rings. The third-order valence-electron chi connectivity index (χ3n) is 4.53. The molecule has 1 aliphatic heterocycles. The topological polar surface area (TPSA) is 67.4 Å². The van der Waals surface area contributed by atoms with Gasteiger partial charge in [0.2, 0.25) is 0 Å². The van der Waals surface area contributed by atoms with E-state index in [1.165, 1.54) is 23.5 Å². The van der Waals surface area contributed by atoms with Crippen molar-refractivity contribution in [2.45, 2.75) is 25.3 Å². The van der Waals surface area contributed by atoms with Crippen LogP contribution in [0.15, 0.2) is 42.7 Å². The zero-order chi connectivity index (χ0) is 18.6. The molecule has 0 spiro atoms. The van der Waals surface area contributed by atoms with E-state index < -0.39 is 0 Å². The van der Waals surface area contributed by atoms with Gasteiger partial charge >= 0.3 is 6.03 Å². The van der Waals surface area contributed by atoms with Gasteiger partial charge in [0.25, 0.3) is 0 Å². The van der Waals surface area contributed by atoms with Crippen molar-refractivity contribution in [2.24, 2.45) is 0 Å². The Labute approximate surface area is 160 Å². The molecule has 0 bridgehead atoms. The number of fused-ring (bicyclic) bond motifs is 1. The van der Waals surface area contributed by atoms with Gasteiger partial charge in [-0.2, -0.15) is 0 Å². The summed E-state index contributed by atoms with van der Waals surface area (Å²) < 4.78 is 19.8. The normalized spacial score (nSPS) is 17.1. The molecule has 1 fully saturated rings. The SMILES string of the molecule is O=C(Nc1nc2ccc(F)cc2s1)N1CCCCC1COc1cccnc1. The largest absolute Gasteiger partial charge is 0.490 e. The Morgan fingerprint density at radius 2 is 2.30 bits per heavy atom. The highest BCUT2D eigenvalue weighted by Gasteiger charge is 2.28. The van der Waals surface area contributed by atoms with Crippen molar-refractivity contribution >= 4 is 32.7 Å². The Morgan fingerprint density at radius 1 is 1.37 bits per heavy atom. The molecule has 2 aromatic heterocycles. The van der Waals surface area contributed by atoms with E-state index in [-0.39, 0.29) is 17.9 Å². The van der Waals surface area contributed by atoms with Crippen molar-refractivity contribution < 1.29 is 13.9 Å². The highest BCUT2D eigenvalue weighted by Crippen LogP contribution is 2.27. The number of urea groups is 1. The molecule has 4 rings (SSSR count). The van der Waals surface area contributed by atoms with Crippen molar-refractivity contribution in [3.8, 4) is 5.75 Å². The molecule has 1 aromatic carbocycles. The van der Waals surface area contributed by atoms with E-state index in [4.69, 9.17) is 4.74 Å². The van der Waals surface area contributed by atoms with Gasteiger partial charge in [-0.25, -0.2) is 14.2 Å². The summed E-state index contributed by atoms with van der Waals surface area (Å²) in [5, 5.41) is 3.32. The maximum absolute atomic E-state index is 13.3. The number of carbonyl (C=O) groups excluding carboxylic acids is 1. The second kappa shape index (κ2) is 7.87. The maximum atomic E-state index is 13.3. The predicted octanol–water partition coefficient (Wildman–Crippen LogP) is 4.30. The lowest BCUT2D eigenvalue weighted by atomic mass is 10.0. The minimum atomic E-state index is -0.312. The average Bonchev–Trinajstić information content (AvgIpc) is 3.08. The molecule has 6 nitrogen and oxygen atoms in total. The third-order valence-corrected chi connectivity index (χ3v) is 5.46. The number of nitrogens with zero attached hydrogens (tertiary/aromatic N) is 3. The summed E-state index contributed by atoms with van der Waals surface area (Å²) in [4.78, 5) is 23.0. The van der Waals surface area contributed by atoms with Crippen molar-refractivity contribution in [2.75, 3.05) is 18.5 Å². The molecule has 0 aliphatic carbocycles. The van der Waals surface area contributed by atoms with Gasteiger partial charge in [0.15, 0.2) is 5.13 Å². The van der Waals surface area contributed by atoms with Crippen LogP contribution < -0.4 is 10.1 Å². The van der Waals surface area contributed by atoms with Gasteiger partial charge in [-0.1, -0.05) is 11.3 Å². The summed E-state index contributed by atoms with van der Waals surface area (Å²) in [5.41, 5.74) is 0.673. The fourth-order valence-electron chi connectivity index (χ4n) is 3.18. The van der Waals surface area contributed by atoms with Crippen LogP contribution in [0.1, 0.15) is 19.3 Å². The number of halogens is 1. The van der Waals surface area contributed by atoms with Crippen LogP contribution >= 0.6 is 11.3 Å². The molecule has 1 unspecified atom stereocenters. The first-order valence-electron chi connectivity index (χ1n) is 8.85. The lowest BCUT2D eigenvalue weighted by Gasteiger charge is -2.35. The number of carbonyl (C=O) groups is 1. The van der Waals surface area contributed by atoms with Crippen LogP contribution in [0.3, 0.4) is 0 Å².